The summed E-state index contributed by atoms with van der Waals surface area (Å²) < 4.78 is 2.17. The molecule has 0 fully saturated rings. The fraction of sp³-hybridized carbons (Fsp3) is 0.286. The Kier molecular flexibility index (Phi) is 7.17. The Morgan fingerprint density at radius 1 is 1.10 bits per heavy atom. The van der Waals surface area contributed by atoms with Crippen molar-refractivity contribution in [1.29, 1.82) is 0 Å². The summed E-state index contributed by atoms with van der Waals surface area (Å²) in [4.78, 5) is 3.78. The first-order chi connectivity index (χ1) is 4.73. The smallest absolute Gasteiger partial charge is 0.0267 e. The average Bonchev–Trinajstić information content (AvgIpc) is 1.90. The summed E-state index contributed by atoms with van der Waals surface area (Å²) >= 11 is 1.02. The predicted octanol–water partition coefficient (Wildman–Crippen LogP) is 0.445. The normalized spacial score (nSPS) is 8.40. The van der Waals surface area contributed by atoms with Crippen molar-refractivity contribution >= 4 is 26.1 Å². The number of hydrogen-bond acceptors (Lipinski definition) is 2. The van der Waals surface area contributed by atoms with E-state index in [1.165, 1.54) is 0 Å². The predicted molar refractivity (Wildman–Crippen MR) is 45.1 cm³/mol. The van der Waals surface area contributed by atoms with Gasteiger partial charge in [-0.2, -0.15) is 0 Å². The second-order valence-corrected chi connectivity index (χ2v) is 6.00. The molecule has 1 heterocycles. The second kappa shape index (κ2) is 7.14. The number of rotatable bonds is 0. The summed E-state index contributed by atoms with van der Waals surface area (Å²) in [6.07, 6.45) is 3.50. The molecule has 1 rings (SSSR count). The topological polar surface area (TPSA) is 16.1 Å². The van der Waals surface area contributed by atoms with Crippen molar-refractivity contribution in [3.8, 4) is 0 Å². The van der Waals surface area contributed by atoms with E-state index in [1.54, 1.807) is 12.4 Å². The maximum atomic E-state index is 3.78. The Balaban J connectivity index is 0.000000180. The zero-order chi connectivity index (χ0) is 7.82. The Morgan fingerprint density at radius 3 is 1.60 bits per heavy atom. The van der Waals surface area contributed by atoms with Crippen LogP contribution in [-0.2, 0) is 0 Å². The van der Waals surface area contributed by atoms with Crippen molar-refractivity contribution in [3.63, 3.8) is 0 Å². The van der Waals surface area contributed by atoms with E-state index in [-0.39, 0.29) is 0 Å². The maximum Gasteiger partial charge on any atom is 0.0267 e. The van der Waals surface area contributed by atoms with Gasteiger partial charge in [-0.3, -0.25) is 4.98 Å². The first-order valence-electron chi connectivity index (χ1n) is 3.00. The third-order valence-corrected chi connectivity index (χ3v) is 0.566. The monoisotopic (exact) mass is 332 g/mol. The molecular weight excluding hydrogens is 319 g/mol. The van der Waals surface area contributed by atoms with Crippen LogP contribution < -0.4 is 0 Å². The van der Waals surface area contributed by atoms with Crippen LogP contribution in [0.15, 0.2) is 30.6 Å². The third kappa shape index (κ3) is 10.9. The summed E-state index contributed by atoms with van der Waals surface area (Å²) in [5.74, 6) is 0. The zero-order valence-electron chi connectivity index (χ0n) is 6.36. The van der Waals surface area contributed by atoms with Gasteiger partial charge in [0.05, 0.1) is 0 Å². The van der Waals surface area contributed by atoms with E-state index < -0.39 is 0 Å². The number of hydrogen-bond donors (Lipinski definition) is 0. The summed E-state index contributed by atoms with van der Waals surface area (Å²) in [5.41, 5.74) is 0. The number of pyridine rings is 1. The van der Waals surface area contributed by atoms with Crippen LogP contribution in [0.5, 0.6) is 0 Å². The quantitative estimate of drug-likeness (QED) is 0.642. The van der Waals surface area contributed by atoms with Gasteiger partial charge in [0.1, 0.15) is 0 Å². The van der Waals surface area contributed by atoms with E-state index in [4.69, 9.17) is 0 Å². The van der Waals surface area contributed by atoms with Crippen LogP contribution in [0.3, 0.4) is 0 Å². The second-order valence-electron chi connectivity index (χ2n) is 1.99. The van der Waals surface area contributed by atoms with Gasteiger partial charge in [0.25, 0.3) is 0 Å². The van der Waals surface area contributed by atoms with Crippen LogP contribution >= 0.6 is 0 Å². The Hall–Kier alpha value is 0.0321. The summed E-state index contributed by atoms with van der Waals surface area (Å²) in [6, 6.07) is 5.72. The van der Waals surface area contributed by atoms with Crippen LogP contribution in [-0.4, -0.2) is 47.9 Å². The van der Waals surface area contributed by atoms with Gasteiger partial charge in [-0.05, 0) is 12.1 Å². The molecule has 0 saturated carbocycles. The molecular formula is C7H12N2Pb. The molecule has 0 spiro atoms. The molecule has 3 heteroatoms. The molecule has 1 aromatic heterocycles. The van der Waals surface area contributed by atoms with Crippen molar-refractivity contribution in [2.24, 2.45) is 0 Å². The molecule has 0 aliphatic rings. The van der Waals surface area contributed by atoms with Gasteiger partial charge in [-0.15, -0.1) is 0 Å². The van der Waals surface area contributed by atoms with Crippen molar-refractivity contribution in [2.45, 2.75) is 0 Å². The Bertz CT molecular complexity index is 112. The number of nitrogens with zero attached hydrogens (tertiary/aromatic N) is 2. The van der Waals surface area contributed by atoms with Gasteiger partial charge in [0, 0.05) is 12.4 Å². The van der Waals surface area contributed by atoms with Crippen molar-refractivity contribution in [1.82, 2.24) is 7.69 Å². The molecule has 0 bridgehead atoms. The van der Waals surface area contributed by atoms with E-state index in [1.807, 2.05) is 18.2 Å². The van der Waals surface area contributed by atoms with Gasteiger partial charge < -0.3 is 0 Å². The van der Waals surface area contributed by atoms with Gasteiger partial charge in [-0.25, -0.2) is 0 Å². The van der Waals surface area contributed by atoms with E-state index in [0.717, 1.165) is 26.1 Å². The standard InChI is InChI=1S/C5H5N.C2H6N.Pb.H/c1-2-4-6-5-3-1;1-3-2;;/h1-5H;1-2H3;;/q;-1;+1;. The maximum absolute atomic E-state index is 3.78. The first kappa shape index (κ1) is 10.0. The SMILES string of the molecule is C[N](C)[PbH].c1ccncc1. The molecule has 0 aromatic carbocycles. The van der Waals surface area contributed by atoms with E-state index in [2.05, 4.69) is 21.8 Å². The molecule has 0 amide bonds. The van der Waals surface area contributed by atoms with Crippen LogP contribution in [0, 0.1) is 0 Å². The molecule has 0 aliphatic heterocycles. The first-order valence-corrected chi connectivity index (χ1v) is 5.01. The summed E-state index contributed by atoms with van der Waals surface area (Å²) in [5, 5.41) is 0. The molecule has 2 radical (unpaired) electrons. The largest absolute Gasteiger partial charge is 0.265 e. The minimum atomic E-state index is 1.02. The third-order valence-electron chi connectivity index (χ3n) is 0.566. The fourth-order valence-electron chi connectivity index (χ4n) is 0.313. The van der Waals surface area contributed by atoms with Crippen LogP contribution in [0.4, 0.5) is 0 Å². The molecule has 54 valence electrons. The molecule has 2 nitrogen and oxygen atoms in total. The van der Waals surface area contributed by atoms with Crippen molar-refractivity contribution in [2.75, 3.05) is 14.1 Å². The van der Waals surface area contributed by atoms with E-state index >= 15 is 0 Å². The molecule has 0 aliphatic carbocycles. The van der Waals surface area contributed by atoms with Crippen LogP contribution in [0.2, 0.25) is 0 Å². The Morgan fingerprint density at radius 2 is 1.50 bits per heavy atom. The molecule has 10 heavy (non-hydrogen) atoms. The summed E-state index contributed by atoms with van der Waals surface area (Å²) in [7, 11) is 4.15. The van der Waals surface area contributed by atoms with E-state index in [9.17, 15) is 0 Å². The molecule has 0 saturated heterocycles. The van der Waals surface area contributed by atoms with Crippen molar-refractivity contribution < 1.29 is 0 Å². The molecule has 0 atom stereocenters. The summed E-state index contributed by atoms with van der Waals surface area (Å²) in [6.45, 7) is 0. The van der Waals surface area contributed by atoms with Crippen LogP contribution in [0.1, 0.15) is 0 Å². The van der Waals surface area contributed by atoms with Gasteiger partial charge in [0.15, 0.2) is 0 Å². The van der Waals surface area contributed by atoms with Crippen molar-refractivity contribution in [3.05, 3.63) is 30.6 Å². The molecule has 0 unspecified atom stereocenters. The Labute approximate surface area is 78.4 Å². The minimum absolute atomic E-state index is 1.02. The molecule has 0 N–H and O–H groups in total. The van der Waals surface area contributed by atoms with Gasteiger partial charge in [-0.1, -0.05) is 6.07 Å². The van der Waals surface area contributed by atoms with Crippen LogP contribution in [0.25, 0.3) is 0 Å². The zero-order valence-corrected chi connectivity index (χ0v) is 10.8. The minimum Gasteiger partial charge on any atom is -0.265 e. The number of aromatic nitrogens is 1. The average molecular weight is 331 g/mol. The van der Waals surface area contributed by atoms with E-state index in [0.29, 0.717) is 0 Å². The van der Waals surface area contributed by atoms with Gasteiger partial charge in [0.2, 0.25) is 0 Å². The fourth-order valence-corrected chi connectivity index (χ4v) is 0.313. The van der Waals surface area contributed by atoms with Gasteiger partial charge >= 0.3 is 42.9 Å². The molecule has 1 aromatic rings.